The van der Waals surface area contributed by atoms with Crippen molar-refractivity contribution in [1.82, 2.24) is 9.88 Å². The maximum atomic E-state index is 13.1. The number of nitrogens with zero attached hydrogens (tertiary/aromatic N) is 1. The summed E-state index contributed by atoms with van der Waals surface area (Å²) in [7, 11) is 0. The lowest BCUT2D eigenvalue weighted by molar-refractivity contribution is -0.130. The fourth-order valence-corrected chi connectivity index (χ4v) is 3.69. The number of amides is 1. The van der Waals surface area contributed by atoms with E-state index >= 15 is 0 Å². The molecule has 0 radical (unpaired) electrons. The first-order valence-corrected chi connectivity index (χ1v) is 9.49. The maximum Gasteiger partial charge on any atom is 0.290 e. The highest BCUT2D eigenvalue weighted by Gasteiger charge is 2.45. The summed E-state index contributed by atoms with van der Waals surface area (Å²) in [6.45, 7) is 4.34. The second kappa shape index (κ2) is 7.60. The molecule has 0 saturated carbocycles. The van der Waals surface area contributed by atoms with Gasteiger partial charge in [0.15, 0.2) is 11.5 Å². The zero-order chi connectivity index (χ0) is 20.5. The van der Waals surface area contributed by atoms with Crippen molar-refractivity contribution in [2.75, 3.05) is 13.2 Å². The second-order valence-electron chi connectivity index (χ2n) is 7.18. The van der Waals surface area contributed by atoms with Crippen LogP contribution in [0.1, 0.15) is 36.0 Å². The van der Waals surface area contributed by atoms with E-state index in [1.807, 2.05) is 38.1 Å². The van der Waals surface area contributed by atoms with Crippen LogP contribution in [0.5, 0.6) is 0 Å². The Balaban J connectivity index is 1.79. The number of fused-ring (bicyclic) bond motifs is 1. The number of hydrogen-bond donors (Lipinski definition) is 2. The van der Waals surface area contributed by atoms with Crippen LogP contribution in [-0.2, 0) is 9.53 Å². The van der Waals surface area contributed by atoms with Gasteiger partial charge >= 0.3 is 0 Å². The van der Waals surface area contributed by atoms with Gasteiger partial charge in [-0.3, -0.25) is 9.59 Å². The Labute approximate surface area is 167 Å². The third-order valence-electron chi connectivity index (χ3n) is 4.99. The van der Waals surface area contributed by atoms with Crippen molar-refractivity contribution >= 4 is 22.6 Å². The number of aromatic nitrogens is 1. The van der Waals surface area contributed by atoms with Crippen LogP contribution < -0.4 is 0 Å². The number of hydrogen-bond acceptors (Lipinski definition) is 5. The molecule has 1 amide bonds. The molecule has 1 atom stereocenters. The van der Waals surface area contributed by atoms with Gasteiger partial charge in [0.2, 0.25) is 5.78 Å². The topological polar surface area (TPSA) is 95.8 Å². The number of nitrogens with one attached hydrogen (secondary N) is 1. The molecule has 0 fully saturated rings. The minimum atomic E-state index is -0.744. The van der Waals surface area contributed by atoms with E-state index in [2.05, 4.69) is 4.98 Å². The highest BCUT2D eigenvalue weighted by molar-refractivity contribution is 6.15. The highest BCUT2D eigenvalue weighted by Crippen LogP contribution is 2.41. The number of ketones is 1. The number of para-hydroxylation sites is 1. The first kappa shape index (κ1) is 19.0. The largest absolute Gasteiger partial charge is 0.503 e. The van der Waals surface area contributed by atoms with Gasteiger partial charge in [0, 0.05) is 29.2 Å². The molecule has 0 spiro atoms. The molecule has 0 bridgehead atoms. The van der Waals surface area contributed by atoms with Gasteiger partial charge < -0.3 is 24.1 Å². The zero-order valence-corrected chi connectivity index (χ0v) is 16.2. The Kier molecular flexibility index (Phi) is 4.98. The number of rotatable bonds is 7. The maximum absolute atomic E-state index is 13.1. The number of benzene rings is 1. The van der Waals surface area contributed by atoms with Crippen LogP contribution in [-0.4, -0.2) is 45.9 Å². The minimum Gasteiger partial charge on any atom is -0.503 e. The van der Waals surface area contributed by atoms with Gasteiger partial charge in [0.25, 0.3) is 5.91 Å². The first-order chi connectivity index (χ1) is 14.0. The lowest BCUT2D eigenvalue weighted by atomic mass is 9.94. The summed E-state index contributed by atoms with van der Waals surface area (Å²) in [6.07, 6.45) is 3.16. The third-order valence-corrected chi connectivity index (χ3v) is 4.99. The SMILES string of the molecule is CC(C)OCCN1C(=O)C(O)=C(C(=O)c2ccco2)C1c1c[nH]c2ccccc12. The molecular formula is C22H22N2O5. The van der Waals surface area contributed by atoms with E-state index < -0.39 is 23.5 Å². The van der Waals surface area contributed by atoms with Gasteiger partial charge in [-0.25, -0.2) is 0 Å². The lowest BCUT2D eigenvalue weighted by Gasteiger charge is -2.26. The molecule has 4 rings (SSSR count). The average molecular weight is 394 g/mol. The van der Waals surface area contributed by atoms with E-state index in [4.69, 9.17) is 9.15 Å². The highest BCUT2D eigenvalue weighted by atomic mass is 16.5. The number of aliphatic hydroxyl groups excluding tert-OH is 1. The fraction of sp³-hybridized carbons (Fsp3) is 0.273. The van der Waals surface area contributed by atoms with Crippen LogP contribution in [0.25, 0.3) is 10.9 Å². The van der Waals surface area contributed by atoms with Crippen molar-refractivity contribution in [3.8, 4) is 0 Å². The summed E-state index contributed by atoms with van der Waals surface area (Å²) in [5.74, 6) is -1.58. The number of aromatic amines is 1. The van der Waals surface area contributed by atoms with E-state index in [1.54, 1.807) is 12.3 Å². The smallest absolute Gasteiger partial charge is 0.290 e. The third kappa shape index (κ3) is 3.34. The second-order valence-corrected chi connectivity index (χ2v) is 7.18. The summed E-state index contributed by atoms with van der Waals surface area (Å²) in [5, 5.41) is 11.5. The van der Waals surface area contributed by atoms with Crippen LogP contribution in [0.2, 0.25) is 0 Å². The predicted molar refractivity (Wildman–Crippen MR) is 107 cm³/mol. The summed E-state index contributed by atoms with van der Waals surface area (Å²) < 4.78 is 10.8. The van der Waals surface area contributed by atoms with E-state index in [9.17, 15) is 14.7 Å². The molecule has 7 heteroatoms. The number of carbonyl (C=O) groups excluding carboxylic acids is 2. The molecule has 150 valence electrons. The monoisotopic (exact) mass is 394 g/mol. The number of aliphatic hydroxyl groups is 1. The Bertz CT molecular complexity index is 1080. The summed E-state index contributed by atoms with van der Waals surface area (Å²) in [5.41, 5.74) is 1.63. The lowest BCUT2D eigenvalue weighted by Crippen LogP contribution is -2.34. The Morgan fingerprint density at radius 1 is 1.28 bits per heavy atom. The Hall–Kier alpha value is -3.32. The van der Waals surface area contributed by atoms with Gasteiger partial charge in [-0.2, -0.15) is 0 Å². The molecule has 3 aromatic rings. The van der Waals surface area contributed by atoms with Crippen LogP contribution in [0.15, 0.2) is 64.6 Å². The molecule has 1 unspecified atom stereocenters. The van der Waals surface area contributed by atoms with Crippen molar-refractivity contribution in [2.45, 2.75) is 26.0 Å². The van der Waals surface area contributed by atoms with Crippen molar-refractivity contribution in [1.29, 1.82) is 0 Å². The number of carbonyl (C=O) groups is 2. The van der Waals surface area contributed by atoms with E-state index in [0.717, 1.165) is 16.5 Å². The fourth-order valence-electron chi connectivity index (χ4n) is 3.69. The molecule has 0 saturated heterocycles. The Morgan fingerprint density at radius 2 is 2.07 bits per heavy atom. The number of furan rings is 1. The van der Waals surface area contributed by atoms with Gasteiger partial charge in [0.1, 0.15) is 0 Å². The van der Waals surface area contributed by atoms with Gasteiger partial charge in [-0.05, 0) is 32.0 Å². The Morgan fingerprint density at radius 3 is 2.79 bits per heavy atom. The van der Waals surface area contributed by atoms with Gasteiger partial charge in [-0.1, -0.05) is 18.2 Å². The minimum absolute atomic E-state index is 0.00465. The summed E-state index contributed by atoms with van der Waals surface area (Å²) in [6, 6.07) is 9.99. The molecule has 1 aromatic carbocycles. The summed E-state index contributed by atoms with van der Waals surface area (Å²) >= 11 is 0. The van der Waals surface area contributed by atoms with E-state index in [1.165, 1.54) is 17.2 Å². The molecular weight excluding hydrogens is 372 g/mol. The van der Waals surface area contributed by atoms with Crippen molar-refractivity contribution in [2.24, 2.45) is 0 Å². The molecule has 2 aromatic heterocycles. The normalized spacial score (nSPS) is 17.1. The number of ether oxygens (including phenoxy) is 1. The van der Waals surface area contributed by atoms with Gasteiger partial charge in [-0.15, -0.1) is 0 Å². The van der Waals surface area contributed by atoms with Crippen LogP contribution in [0.3, 0.4) is 0 Å². The van der Waals surface area contributed by atoms with Crippen molar-refractivity contribution in [3.05, 3.63) is 71.5 Å². The van der Waals surface area contributed by atoms with Gasteiger partial charge in [0.05, 0.1) is 30.6 Å². The van der Waals surface area contributed by atoms with Crippen LogP contribution >= 0.6 is 0 Å². The first-order valence-electron chi connectivity index (χ1n) is 9.49. The van der Waals surface area contributed by atoms with E-state index in [-0.39, 0.29) is 30.6 Å². The van der Waals surface area contributed by atoms with Crippen molar-refractivity contribution in [3.63, 3.8) is 0 Å². The quantitative estimate of drug-likeness (QED) is 0.595. The molecule has 29 heavy (non-hydrogen) atoms. The zero-order valence-electron chi connectivity index (χ0n) is 16.2. The van der Waals surface area contributed by atoms with Crippen molar-refractivity contribution < 1.29 is 23.8 Å². The molecule has 0 aliphatic carbocycles. The number of H-pyrrole nitrogens is 1. The average Bonchev–Trinajstić information content (AvgIpc) is 3.42. The standard InChI is InChI=1S/C22H22N2O5/c1-13(2)28-11-9-24-19(15-12-23-16-7-4-3-6-14(15)16)18(21(26)22(24)27)20(25)17-8-5-10-29-17/h3-8,10,12-13,19,23,26H,9,11H2,1-2H3. The molecule has 7 nitrogen and oxygen atoms in total. The molecule has 1 aliphatic heterocycles. The number of Topliss-reactive ketones (excluding diaryl/α,β-unsaturated/α-hetero) is 1. The summed E-state index contributed by atoms with van der Waals surface area (Å²) in [4.78, 5) is 30.6. The molecule has 1 aliphatic rings. The van der Waals surface area contributed by atoms with Crippen LogP contribution in [0, 0.1) is 0 Å². The molecule has 2 N–H and O–H groups in total. The van der Waals surface area contributed by atoms with Crippen LogP contribution in [0.4, 0.5) is 0 Å². The predicted octanol–water partition coefficient (Wildman–Crippen LogP) is 3.76. The molecule has 3 heterocycles. The van der Waals surface area contributed by atoms with E-state index in [0.29, 0.717) is 0 Å².